The van der Waals surface area contributed by atoms with Crippen molar-refractivity contribution in [3.05, 3.63) is 24.3 Å². The lowest BCUT2D eigenvalue weighted by Crippen LogP contribution is -2.49. The predicted molar refractivity (Wildman–Crippen MR) is 70.4 cm³/mol. The number of carbonyl (C=O) groups excluding carboxylic acids is 1. The number of carbonyl (C=O) groups is 1. The zero-order chi connectivity index (χ0) is 13.7. The second-order valence-corrected chi connectivity index (χ2v) is 5.02. The van der Waals surface area contributed by atoms with Crippen LogP contribution in [-0.4, -0.2) is 39.4 Å². The highest BCUT2D eigenvalue weighted by atomic mass is 16.5. The molecular formula is C14H19NO4. The zero-order valence-electron chi connectivity index (χ0n) is 11.3. The number of benzene rings is 1. The van der Waals surface area contributed by atoms with Crippen LogP contribution < -0.4 is 14.8 Å². The second-order valence-electron chi connectivity index (χ2n) is 5.02. The smallest absolute Gasteiger partial charge is 0.257 e. The van der Waals surface area contributed by atoms with Gasteiger partial charge in [-0.3, -0.25) is 4.79 Å². The summed E-state index contributed by atoms with van der Waals surface area (Å²) in [5, 5.41) is 2.85. The average molecular weight is 265 g/mol. The number of nitrogens with one attached hydrogen (secondary N) is 1. The molecule has 1 N–H and O–H groups in total. The predicted octanol–water partition coefficient (Wildman–Crippen LogP) is 1.23. The van der Waals surface area contributed by atoms with E-state index in [-0.39, 0.29) is 17.9 Å². The maximum Gasteiger partial charge on any atom is 0.257 e. The SMILES string of the molecule is COc1ccccc1OCC(=O)NCC1(C)COC1. The van der Waals surface area contributed by atoms with E-state index in [9.17, 15) is 4.79 Å². The Morgan fingerprint density at radius 1 is 1.37 bits per heavy atom. The van der Waals surface area contributed by atoms with E-state index in [0.717, 1.165) is 0 Å². The first kappa shape index (κ1) is 13.7. The highest BCUT2D eigenvalue weighted by Gasteiger charge is 2.33. The van der Waals surface area contributed by atoms with Crippen LogP contribution in [0, 0.1) is 5.41 Å². The van der Waals surface area contributed by atoms with Gasteiger partial charge in [-0.05, 0) is 12.1 Å². The molecule has 104 valence electrons. The van der Waals surface area contributed by atoms with Gasteiger partial charge in [-0.2, -0.15) is 0 Å². The molecule has 0 aromatic heterocycles. The third kappa shape index (κ3) is 3.61. The van der Waals surface area contributed by atoms with Crippen molar-refractivity contribution in [2.45, 2.75) is 6.92 Å². The first-order valence-corrected chi connectivity index (χ1v) is 6.23. The van der Waals surface area contributed by atoms with Gasteiger partial charge in [-0.25, -0.2) is 0 Å². The number of hydrogen-bond donors (Lipinski definition) is 1. The fourth-order valence-electron chi connectivity index (χ4n) is 1.80. The Kier molecular flexibility index (Phi) is 4.27. The maximum atomic E-state index is 11.7. The van der Waals surface area contributed by atoms with Crippen molar-refractivity contribution in [1.29, 1.82) is 0 Å². The number of para-hydroxylation sites is 2. The van der Waals surface area contributed by atoms with E-state index in [1.165, 1.54) is 0 Å². The standard InChI is InChI=1S/C14H19NO4/c1-14(9-18-10-14)8-15-13(16)7-19-12-6-4-3-5-11(12)17-2/h3-6H,7-10H2,1-2H3,(H,15,16). The molecule has 1 aromatic carbocycles. The highest BCUT2D eigenvalue weighted by Crippen LogP contribution is 2.26. The summed E-state index contributed by atoms with van der Waals surface area (Å²) in [5.41, 5.74) is 0.0695. The molecule has 1 aromatic rings. The molecule has 1 fully saturated rings. The van der Waals surface area contributed by atoms with Crippen LogP contribution >= 0.6 is 0 Å². The molecule has 1 aliphatic heterocycles. The topological polar surface area (TPSA) is 56.8 Å². The molecular weight excluding hydrogens is 246 g/mol. The molecule has 0 spiro atoms. The fourth-order valence-corrected chi connectivity index (χ4v) is 1.80. The van der Waals surface area contributed by atoms with Crippen LogP contribution in [0.4, 0.5) is 0 Å². The number of amides is 1. The Bertz CT molecular complexity index is 443. The van der Waals surface area contributed by atoms with Crippen LogP contribution in [0.3, 0.4) is 0 Å². The third-order valence-corrected chi connectivity index (χ3v) is 3.04. The molecule has 1 saturated heterocycles. The Hall–Kier alpha value is -1.75. The minimum atomic E-state index is -0.140. The lowest BCUT2D eigenvalue weighted by atomic mass is 9.89. The molecule has 5 heteroatoms. The van der Waals surface area contributed by atoms with Crippen molar-refractivity contribution in [2.75, 3.05) is 33.5 Å². The van der Waals surface area contributed by atoms with Crippen molar-refractivity contribution in [2.24, 2.45) is 5.41 Å². The van der Waals surface area contributed by atoms with Gasteiger partial charge in [0.2, 0.25) is 0 Å². The van der Waals surface area contributed by atoms with Gasteiger partial charge in [0.05, 0.1) is 20.3 Å². The number of hydrogen-bond acceptors (Lipinski definition) is 4. The number of rotatable bonds is 6. The van der Waals surface area contributed by atoms with Gasteiger partial charge >= 0.3 is 0 Å². The van der Waals surface area contributed by atoms with Crippen LogP contribution in [0.5, 0.6) is 11.5 Å². The molecule has 0 atom stereocenters. The molecule has 0 radical (unpaired) electrons. The Morgan fingerprint density at radius 3 is 2.63 bits per heavy atom. The zero-order valence-corrected chi connectivity index (χ0v) is 11.3. The summed E-state index contributed by atoms with van der Waals surface area (Å²) in [7, 11) is 1.57. The molecule has 2 rings (SSSR count). The Morgan fingerprint density at radius 2 is 2.05 bits per heavy atom. The van der Waals surface area contributed by atoms with Crippen molar-refractivity contribution in [1.82, 2.24) is 5.32 Å². The van der Waals surface area contributed by atoms with E-state index in [1.807, 2.05) is 12.1 Å². The monoisotopic (exact) mass is 265 g/mol. The largest absolute Gasteiger partial charge is 0.493 e. The molecule has 5 nitrogen and oxygen atoms in total. The Labute approximate surface area is 112 Å². The minimum Gasteiger partial charge on any atom is -0.493 e. The molecule has 1 amide bonds. The van der Waals surface area contributed by atoms with Gasteiger partial charge in [0.1, 0.15) is 0 Å². The fraction of sp³-hybridized carbons (Fsp3) is 0.500. The summed E-state index contributed by atoms with van der Waals surface area (Å²) in [4.78, 5) is 11.7. The first-order chi connectivity index (χ1) is 9.13. The molecule has 1 heterocycles. The van der Waals surface area contributed by atoms with Crippen molar-refractivity contribution < 1.29 is 19.0 Å². The van der Waals surface area contributed by atoms with Crippen LogP contribution in [0.15, 0.2) is 24.3 Å². The van der Waals surface area contributed by atoms with Crippen molar-refractivity contribution >= 4 is 5.91 Å². The minimum absolute atomic E-state index is 0.0166. The van der Waals surface area contributed by atoms with Gasteiger partial charge in [-0.15, -0.1) is 0 Å². The summed E-state index contributed by atoms with van der Waals surface area (Å²) >= 11 is 0. The summed E-state index contributed by atoms with van der Waals surface area (Å²) in [6.07, 6.45) is 0. The van der Waals surface area contributed by atoms with E-state index in [1.54, 1.807) is 19.2 Å². The average Bonchev–Trinajstić information content (AvgIpc) is 2.41. The van der Waals surface area contributed by atoms with Crippen LogP contribution in [0.1, 0.15) is 6.92 Å². The van der Waals surface area contributed by atoms with Gasteiger partial charge in [0, 0.05) is 12.0 Å². The van der Waals surface area contributed by atoms with E-state index in [2.05, 4.69) is 12.2 Å². The quantitative estimate of drug-likeness (QED) is 0.840. The summed E-state index contributed by atoms with van der Waals surface area (Å²) in [6, 6.07) is 7.25. The second kappa shape index (κ2) is 5.93. The lowest BCUT2D eigenvalue weighted by molar-refractivity contribution is -0.128. The summed E-state index contributed by atoms with van der Waals surface area (Å²) in [5.74, 6) is 1.05. The highest BCUT2D eigenvalue weighted by molar-refractivity contribution is 5.77. The third-order valence-electron chi connectivity index (χ3n) is 3.04. The number of methoxy groups -OCH3 is 1. The summed E-state index contributed by atoms with van der Waals surface area (Å²) < 4.78 is 15.7. The van der Waals surface area contributed by atoms with E-state index in [4.69, 9.17) is 14.2 Å². The van der Waals surface area contributed by atoms with Gasteiger partial charge in [0.25, 0.3) is 5.91 Å². The molecule has 1 aliphatic rings. The van der Waals surface area contributed by atoms with E-state index < -0.39 is 0 Å². The molecule has 0 unspecified atom stereocenters. The summed E-state index contributed by atoms with van der Waals surface area (Å²) in [6.45, 7) is 4.07. The molecule has 0 saturated carbocycles. The van der Waals surface area contributed by atoms with Crippen molar-refractivity contribution in [3.8, 4) is 11.5 Å². The van der Waals surface area contributed by atoms with E-state index >= 15 is 0 Å². The molecule has 0 aliphatic carbocycles. The van der Waals surface area contributed by atoms with E-state index in [0.29, 0.717) is 31.3 Å². The number of ether oxygens (including phenoxy) is 3. The molecule has 0 bridgehead atoms. The normalized spacial score (nSPS) is 16.3. The maximum absolute atomic E-state index is 11.7. The Balaban J connectivity index is 1.76. The van der Waals surface area contributed by atoms with Crippen LogP contribution in [0.2, 0.25) is 0 Å². The van der Waals surface area contributed by atoms with Gasteiger partial charge in [0.15, 0.2) is 18.1 Å². The lowest BCUT2D eigenvalue weighted by Gasteiger charge is -2.37. The van der Waals surface area contributed by atoms with Crippen molar-refractivity contribution in [3.63, 3.8) is 0 Å². The van der Waals surface area contributed by atoms with Crippen LogP contribution in [-0.2, 0) is 9.53 Å². The van der Waals surface area contributed by atoms with Gasteiger partial charge < -0.3 is 19.5 Å². The first-order valence-electron chi connectivity index (χ1n) is 6.23. The molecule has 19 heavy (non-hydrogen) atoms. The van der Waals surface area contributed by atoms with Crippen LogP contribution in [0.25, 0.3) is 0 Å². The van der Waals surface area contributed by atoms with Gasteiger partial charge in [-0.1, -0.05) is 19.1 Å².